The quantitative estimate of drug-likeness (QED) is 0.771. The van der Waals surface area contributed by atoms with Crippen molar-refractivity contribution in [3.63, 3.8) is 0 Å². The van der Waals surface area contributed by atoms with Crippen LogP contribution in [0.3, 0.4) is 0 Å². The van der Waals surface area contributed by atoms with Gasteiger partial charge in [0, 0.05) is 10.6 Å². The third-order valence-electron chi connectivity index (χ3n) is 1.85. The largest absolute Gasteiger partial charge is 0.491 e. The van der Waals surface area contributed by atoms with E-state index in [1.165, 1.54) is 0 Å². The Hall–Kier alpha value is -0.830. The van der Waals surface area contributed by atoms with Gasteiger partial charge >= 0.3 is 0 Å². The molecule has 0 bridgehead atoms. The van der Waals surface area contributed by atoms with Crippen molar-refractivity contribution in [2.45, 2.75) is 38.2 Å². The maximum atomic E-state index is 11.6. The molecule has 0 heterocycles. The minimum Gasteiger partial charge on any atom is -0.491 e. The molecule has 0 aromatic heterocycles. The smallest absolute Gasteiger partial charge is 0.119 e. The maximum Gasteiger partial charge on any atom is 0.119 e. The lowest BCUT2D eigenvalue weighted by Crippen LogP contribution is -2.05. The number of hydrogen-bond donors (Lipinski definition) is 0. The van der Waals surface area contributed by atoms with E-state index in [0.29, 0.717) is 0 Å². The van der Waals surface area contributed by atoms with E-state index < -0.39 is 10.8 Å². The van der Waals surface area contributed by atoms with Crippen LogP contribution < -0.4 is 4.74 Å². The standard InChI is InChI=1S/C12H18O2S/c1-4-9-15(13)12-7-5-11(6-8-12)14-10(2)3/h5-8,10H,4,9H2,1-3H3. The molecule has 1 unspecified atom stereocenters. The summed E-state index contributed by atoms with van der Waals surface area (Å²) >= 11 is 0. The number of hydrogen-bond acceptors (Lipinski definition) is 2. The molecule has 0 aliphatic carbocycles. The van der Waals surface area contributed by atoms with E-state index in [1.54, 1.807) is 0 Å². The van der Waals surface area contributed by atoms with E-state index in [1.807, 2.05) is 45.0 Å². The van der Waals surface area contributed by atoms with Crippen LogP contribution in [0.2, 0.25) is 0 Å². The van der Waals surface area contributed by atoms with Crippen molar-refractivity contribution in [1.82, 2.24) is 0 Å². The lowest BCUT2D eigenvalue weighted by molar-refractivity contribution is 0.242. The van der Waals surface area contributed by atoms with Crippen LogP contribution in [0.15, 0.2) is 29.2 Å². The summed E-state index contributed by atoms with van der Waals surface area (Å²) in [6.45, 7) is 6.01. The van der Waals surface area contributed by atoms with E-state index in [2.05, 4.69) is 0 Å². The second-order valence-electron chi connectivity index (χ2n) is 3.69. The van der Waals surface area contributed by atoms with Crippen LogP contribution in [-0.2, 0) is 10.8 Å². The predicted octanol–water partition coefficient (Wildman–Crippen LogP) is 2.99. The van der Waals surface area contributed by atoms with Gasteiger partial charge in [0.1, 0.15) is 5.75 Å². The average molecular weight is 226 g/mol. The van der Waals surface area contributed by atoms with E-state index in [0.717, 1.165) is 22.8 Å². The van der Waals surface area contributed by atoms with E-state index in [-0.39, 0.29) is 6.10 Å². The average Bonchev–Trinajstić information content (AvgIpc) is 2.18. The molecule has 0 aliphatic heterocycles. The van der Waals surface area contributed by atoms with Crippen molar-refractivity contribution in [1.29, 1.82) is 0 Å². The lowest BCUT2D eigenvalue weighted by Gasteiger charge is -2.09. The molecule has 0 saturated heterocycles. The first-order valence-corrected chi connectivity index (χ1v) is 6.60. The van der Waals surface area contributed by atoms with Crippen LogP contribution >= 0.6 is 0 Å². The molecular weight excluding hydrogens is 208 g/mol. The highest BCUT2D eigenvalue weighted by Crippen LogP contribution is 2.16. The minimum absolute atomic E-state index is 0.178. The highest BCUT2D eigenvalue weighted by Gasteiger charge is 2.03. The molecule has 0 N–H and O–H groups in total. The summed E-state index contributed by atoms with van der Waals surface area (Å²) in [7, 11) is -0.860. The zero-order chi connectivity index (χ0) is 11.3. The van der Waals surface area contributed by atoms with Crippen molar-refractivity contribution in [3.05, 3.63) is 24.3 Å². The van der Waals surface area contributed by atoms with Gasteiger partial charge < -0.3 is 4.74 Å². The van der Waals surface area contributed by atoms with Gasteiger partial charge in [-0.1, -0.05) is 6.92 Å². The molecule has 0 aliphatic rings. The lowest BCUT2D eigenvalue weighted by atomic mass is 10.3. The molecule has 0 spiro atoms. The third-order valence-corrected chi connectivity index (χ3v) is 3.42. The number of benzene rings is 1. The first-order chi connectivity index (χ1) is 7.13. The summed E-state index contributed by atoms with van der Waals surface area (Å²) in [6.07, 6.45) is 1.12. The van der Waals surface area contributed by atoms with Crippen molar-refractivity contribution in [3.8, 4) is 5.75 Å². The Kier molecular flexibility index (Phi) is 4.82. The Bertz CT molecular complexity index is 317. The van der Waals surface area contributed by atoms with Crippen molar-refractivity contribution in [2.24, 2.45) is 0 Å². The summed E-state index contributed by atoms with van der Waals surface area (Å²) in [5, 5.41) is 0. The van der Waals surface area contributed by atoms with Gasteiger partial charge in [-0.25, -0.2) is 0 Å². The molecule has 1 aromatic rings. The van der Waals surface area contributed by atoms with Gasteiger partial charge in [0.15, 0.2) is 0 Å². The first-order valence-electron chi connectivity index (χ1n) is 5.28. The molecule has 0 radical (unpaired) electrons. The zero-order valence-corrected chi connectivity index (χ0v) is 10.3. The second-order valence-corrected chi connectivity index (χ2v) is 5.26. The summed E-state index contributed by atoms with van der Waals surface area (Å²) in [4.78, 5) is 0.882. The van der Waals surface area contributed by atoms with Crippen LogP contribution in [0.4, 0.5) is 0 Å². The van der Waals surface area contributed by atoms with Gasteiger partial charge in [-0.05, 0) is 44.5 Å². The topological polar surface area (TPSA) is 26.3 Å². The van der Waals surface area contributed by atoms with Crippen LogP contribution in [0.25, 0.3) is 0 Å². The molecule has 1 aromatic carbocycles. The summed E-state index contributed by atoms with van der Waals surface area (Å²) in [5.74, 6) is 1.56. The van der Waals surface area contributed by atoms with Crippen LogP contribution in [0.5, 0.6) is 5.75 Å². The Labute approximate surface area is 94.1 Å². The molecule has 0 saturated carbocycles. The molecule has 0 fully saturated rings. The predicted molar refractivity (Wildman–Crippen MR) is 63.8 cm³/mol. The number of ether oxygens (including phenoxy) is 1. The molecule has 2 nitrogen and oxygen atoms in total. The normalized spacial score (nSPS) is 12.8. The Morgan fingerprint density at radius 1 is 1.27 bits per heavy atom. The van der Waals surface area contributed by atoms with Crippen LogP contribution in [0.1, 0.15) is 27.2 Å². The third kappa shape index (κ3) is 4.04. The van der Waals surface area contributed by atoms with Gasteiger partial charge in [0.05, 0.1) is 16.9 Å². The van der Waals surface area contributed by atoms with Crippen LogP contribution in [-0.4, -0.2) is 16.1 Å². The molecule has 3 heteroatoms. The zero-order valence-electron chi connectivity index (χ0n) is 9.53. The van der Waals surface area contributed by atoms with Crippen molar-refractivity contribution >= 4 is 10.8 Å². The molecule has 84 valence electrons. The van der Waals surface area contributed by atoms with Gasteiger partial charge in [-0.2, -0.15) is 0 Å². The van der Waals surface area contributed by atoms with Gasteiger partial charge in [0.2, 0.25) is 0 Å². The highest BCUT2D eigenvalue weighted by atomic mass is 32.2. The minimum atomic E-state index is -0.860. The fourth-order valence-corrected chi connectivity index (χ4v) is 2.29. The second kappa shape index (κ2) is 5.91. The maximum absolute atomic E-state index is 11.6. The Morgan fingerprint density at radius 3 is 2.33 bits per heavy atom. The molecule has 15 heavy (non-hydrogen) atoms. The van der Waals surface area contributed by atoms with E-state index in [4.69, 9.17) is 4.74 Å². The van der Waals surface area contributed by atoms with Gasteiger partial charge in [-0.3, -0.25) is 4.21 Å². The molecule has 1 rings (SSSR count). The summed E-state index contributed by atoms with van der Waals surface area (Å²) < 4.78 is 17.2. The fourth-order valence-electron chi connectivity index (χ4n) is 1.25. The SMILES string of the molecule is CCCS(=O)c1ccc(OC(C)C)cc1. The van der Waals surface area contributed by atoms with Crippen LogP contribution in [0, 0.1) is 0 Å². The Morgan fingerprint density at radius 2 is 1.87 bits per heavy atom. The van der Waals surface area contributed by atoms with Crippen molar-refractivity contribution in [2.75, 3.05) is 5.75 Å². The Balaban J connectivity index is 2.67. The van der Waals surface area contributed by atoms with E-state index in [9.17, 15) is 4.21 Å². The monoisotopic (exact) mass is 226 g/mol. The van der Waals surface area contributed by atoms with Gasteiger partial charge in [-0.15, -0.1) is 0 Å². The molecular formula is C12H18O2S. The van der Waals surface area contributed by atoms with E-state index >= 15 is 0 Å². The fraction of sp³-hybridized carbons (Fsp3) is 0.500. The van der Waals surface area contributed by atoms with Gasteiger partial charge in [0.25, 0.3) is 0 Å². The summed E-state index contributed by atoms with van der Waals surface area (Å²) in [6, 6.07) is 7.51. The molecule has 1 atom stereocenters. The van der Waals surface area contributed by atoms with Crippen molar-refractivity contribution < 1.29 is 8.95 Å². The highest BCUT2D eigenvalue weighted by molar-refractivity contribution is 7.85. The number of rotatable bonds is 5. The molecule has 0 amide bonds. The first kappa shape index (κ1) is 12.2. The summed E-state index contributed by atoms with van der Waals surface area (Å²) in [5.41, 5.74) is 0.